The first kappa shape index (κ1) is 16.7. The Morgan fingerprint density at radius 3 is 2.15 bits per heavy atom. The molecule has 1 heterocycles. The van der Waals surface area contributed by atoms with E-state index >= 15 is 0 Å². The van der Waals surface area contributed by atoms with Gasteiger partial charge in [-0.15, -0.1) is 0 Å². The molecule has 4 rings (SSSR count). The fraction of sp³-hybridized carbons (Fsp3) is 0.400. The van der Waals surface area contributed by atoms with Crippen LogP contribution in [-0.4, -0.2) is 34.9 Å². The number of carbonyl (C=O) groups is 4. The molecule has 1 saturated carbocycles. The maximum atomic E-state index is 12.6. The molecular formula is C20H20N2O4. The van der Waals surface area contributed by atoms with E-state index in [0.717, 1.165) is 6.42 Å². The fourth-order valence-electron chi connectivity index (χ4n) is 4.41. The summed E-state index contributed by atoms with van der Waals surface area (Å²) < 4.78 is 0. The van der Waals surface area contributed by atoms with Crippen LogP contribution in [0.2, 0.25) is 0 Å². The number of benzene rings is 1. The average molecular weight is 352 g/mol. The van der Waals surface area contributed by atoms with Crippen molar-refractivity contribution in [1.29, 1.82) is 0 Å². The highest BCUT2D eigenvalue weighted by Gasteiger charge is 2.58. The smallest absolute Gasteiger partial charge is 0.233 e. The van der Waals surface area contributed by atoms with Crippen LogP contribution in [0.3, 0.4) is 0 Å². The van der Waals surface area contributed by atoms with Gasteiger partial charge in [0, 0.05) is 24.2 Å². The molecule has 1 aromatic carbocycles. The minimum atomic E-state index is -0.265. The lowest BCUT2D eigenvalue weighted by Gasteiger charge is -2.17. The molecule has 134 valence electrons. The number of imide groups is 1. The van der Waals surface area contributed by atoms with Crippen molar-refractivity contribution in [3.05, 3.63) is 42.0 Å². The number of ketones is 1. The van der Waals surface area contributed by atoms with Crippen LogP contribution >= 0.6 is 0 Å². The Hall–Kier alpha value is -2.76. The van der Waals surface area contributed by atoms with Crippen molar-refractivity contribution in [2.45, 2.75) is 19.8 Å². The summed E-state index contributed by atoms with van der Waals surface area (Å²) in [7, 11) is 0. The SMILES string of the molecule is CC(=O)c1ccc(NC(=O)CCN2C(=O)[C@@H]3[C@H](C2=O)[C@@H]2C=C[C@H]3C2)cc1. The predicted octanol–water partition coefficient (Wildman–Crippen LogP) is 2.02. The van der Waals surface area contributed by atoms with Crippen molar-refractivity contribution >= 4 is 29.2 Å². The normalized spacial score (nSPS) is 28.6. The molecule has 1 saturated heterocycles. The second-order valence-corrected chi connectivity index (χ2v) is 7.26. The zero-order chi connectivity index (χ0) is 18.4. The summed E-state index contributed by atoms with van der Waals surface area (Å²) in [4.78, 5) is 49.8. The van der Waals surface area contributed by atoms with Crippen molar-refractivity contribution in [3.8, 4) is 0 Å². The quantitative estimate of drug-likeness (QED) is 0.499. The molecule has 1 aliphatic heterocycles. The molecule has 6 nitrogen and oxygen atoms in total. The number of likely N-dealkylation sites (tertiary alicyclic amines) is 1. The number of fused-ring (bicyclic) bond motifs is 5. The summed E-state index contributed by atoms with van der Waals surface area (Å²) in [6.07, 6.45) is 5.07. The van der Waals surface area contributed by atoms with Crippen LogP contribution in [0.25, 0.3) is 0 Å². The molecule has 6 heteroatoms. The number of amides is 3. The number of hydrogen-bond donors (Lipinski definition) is 1. The van der Waals surface area contributed by atoms with Gasteiger partial charge in [-0.2, -0.15) is 0 Å². The zero-order valence-corrected chi connectivity index (χ0v) is 14.5. The molecule has 2 bridgehead atoms. The van der Waals surface area contributed by atoms with Crippen LogP contribution in [0.1, 0.15) is 30.1 Å². The summed E-state index contributed by atoms with van der Waals surface area (Å²) in [5.41, 5.74) is 1.16. The molecule has 3 amide bonds. The third-order valence-corrected chi connectivity index (χ3v) is 5.70. The summed E-state index contributed by atoms with van der Waals surface area (Å²) in [5.74, 6) is -0.646. The van der Waals surface area contributed by atoms with Gasteiger partial charge >= 0.3 is 0 Å². The molecule has 4 atom stereocenters. The van der Waals surface area contributed by atoms with Crippen LogP contribution in [0.5, 0.6) is 0 Å². The molecule has 0 spiro atoms. The summed E-state index contributed by atoms with van der Waals surface area (Å²) in [6, 6.07) is 6.62. The van der Waals surface area contributed by atoms with E-state index in [1.54, 1.807) is 24.3 Å². The first-order chi connectivity index (χ1) is 12.5. The largest absolute Gasteiger partial charge is 0.326 e. The number of carbonyl (C=O) groups excluding carboxylic acids is 4. The number of nitrogens with zero attached hydrogens (tertiary/aromatic N) is 1. The van der Waals surface area contributed by atoms with Gasteiger partial charge in [-0.05, 0) is 49.4 Å². The molecule has 0 aromatic heterocycles. The molecule has 0 radical (unpaired) electrons. The highest BCUT2D eigenvalue weighted by atomic mass is 16.2. The van der Waals surface area contributed by atoms with E-state index in [1.165, 1.54) is 11.8 Å². The van der Waals surface area contributed by atoms with Crippen LogP contribution in [0, 0.1) is 23.7 Å². The Bertz CT molecular complexity index is 797. The number of allylic oxidation sites excluding steroid dienone is 2. The maximum Gasteiger partial charge on any atom is 0.233 e. The third-order valence-electron chi connectivity index (χ3n) is 5.70. The van der Waals surface area contributed by atoms with Crippen molar-refractivity contribution in [2.75, 3.05) is 11.9 Å². The lowest BCUT2D eigenvalue weighted by atomic mass is 9.85. The third kappa shape index (κ3) is 2.66. The first-order valence-electron chi connectivity index (χ1n) is 8.90. The molecule has 1 aromatic rings. The Labute approximate surface area is 151 Å². The van der Waals surface area contributed by atoms with Crippen LogP contribution < -0.4 is 5.32 Å². The van der Waals surface area contributed by atoms with Gasteiger partial charge in [0.25, 0.3) is 0 Å². The Morgan fingerprint density at radius 1 is 1.04 bits per heavy atom. The van der Waals surface area contributed by atoms with E-state index in [0.29, 0.717) is 11.3 Å². The van der Waals surface area contributed by atoms with Gasteiger partial charge in [0.15, 0.2) is 5.78 Å². The van der Waals surface area contributed by atoms with E-state index < -0.39 is 0 Å². The van der Waals surface area contributed by atoms with Crippen LogP contribution in [-0.2, 0) is 14.4 Å². The van der Waals surface area contributed by atoms with Crippen LogP contribution in [0.4, 0.5) is 5.69 Å². The van der Waals surface area contributed by atoms with E-state index in [2.05, 4.69) is 17.5 Å². The van der Waals surface area contributed by atoms with Gasteiger partial charge in [0.1, 0.15) is 0 Å². The Kier molecular flexibility index (Phi) is 3.98. The second kappa shape index (κ2) is 6.20. The highest BCUT2D eigenvalue weighted by Crippen LogP contribution is 2.52. The highest BCUT2D eigenvalue weighted by molar-refractivity contribution is 6.06. The van der Waals surface area contributed by atoms with E-state index in [9.17, 15) is 19.2 Å². The standard InChI is InChI=1S/C20H20N2O4/c1-11(23)12-4-6-15(7-5-12)21-16(24)8-9-22-19(25)17-13-2-3-14(10-13)18(17)20(22)26/h2-7,13-14,17-18H,8-10H2,1H3,(H,21,24)/t13-,14+,17-,18+. The molecule has 2 aliphatic carbocycles. The number of rotatable bonds is 5. The zero-order valence-electron chi connectivity index (χ0n) is 14.5. The number of nitrogens with one attached hydrogen (secondary N) is 1. The Morgan fingerprint density at radius 2 is 1.62 bits per heavy atom. The fourth-order valence-corrected chi connectivity index (χ4v) is 4.41. The van der Waals surface area contributed by atoms with E-state index in [4.69, 9.17) is 0 Å². The summed E-state index contributed by atoms with van der Waals surface area (Å²) in [5, 5.41) is 2.73. The Balaban J connectivity index is 1.34. The van der Waals surface area contributed by atoms with Crippen molar-refractivity contribution in [2.24, 2.45) is 23.7 Å². The van der Waals surface area contributed by atoms with E-state index in [1.807, 2.05) is 0 Å². The predicted molar refractivity (Wildman–Crippen MR) is 94.1 cm³/mol. The number of hydrogen-bond acceptors (Lipinski definition) is 4. The van der Waals surface area contributed by atoms with Gasteiger partial charge in [0.05, 0.1) is 11.8 Å². The topological polar surface area (TPSA) is 83.6 Å². The van der Waals surface area contributed by atoms with E-state index in [-0.39, 0.29) is 60.1 Å². The second-order valence-electron chi connectivity index (χ2n) is 7.26. The molecule has 2 fully saturated rings. The summed E-state index contributed by atoms with van der Waals surface area (Å²) in [6.45, 7) is 1.59. The average Bonchev–Trinajstić information content (AvgIpc) is 3.28. The minimum absolute atomic E-state index is 0.0389. The molecular weight excluding hydrogens is 332 g/mol. The molecule has 26 heavy (non-hydrogen) atoms. The van der Waals surface area contributed by atoms with Gasteiger partial charge < -0.3 is 5.32 Å². The van der Waals surface area contributed by atoms with Gasteiger partial charge in [0.2, 0.25) is 17.7 Å². The van der Waals surface area contributed by atoms with Crippen molar-refractivity contribution in [1.82, 2.24) is 4.90 Å². The molecule has 0 unspecified atom stereocenters. The lowest BCUT2D eigenvalue weighted by molar-refractivity contribution is -0.140. The van der Waals surface area contributed by atoms with Crippen LogP contribution in [0.15, 0.2) is 36.4 Å². The van der Waals surface area contributed by atoms with Crippen molar-refractivity contribution < 1.29 is 19.2 Å². The molecule has 1 N–H and O–H groups in total. The molecule has 3 aliphatic rings. The number of anilines is 1. The monoisotopic (exact) mass is 352 g/mol. The van der Waals surface area contributed by atoms with Gasteiger partial charge in [-0.25, -0.2) is 0 Å². The van der Waals surface area contributed by atoms with Gasteiger partial charge in [-0.3, -0.25) is 24.1 Å². The van der Waals surface area contributed by atoms with Crippen molar-refractivity contribution in [3.63, 3.8) is 0 Å². The maximum absolute atomic E-state index is 12.6. The summed E-state index contributed by atoms with van der Waals surface area (Å²) >= 11 is 0. The first-order valence-corrected chi connectivity index (χ1v) is 8.90. The lowest BCUT2D eigenvalue weighted by Crippen LogP contribution is -2.35. The minimum Gasteiger partial charge on any atom is -0.326 e. The van der Waals surface area contributed by atoms with Gasteiger partial charge in [-0.1, -0.05) is 12.2 Å². The number of Topliss-reactive ketones (excluding diaryl/α,β-unsaturated/α-hetero) is 1.